The minimum Gasteiger partial charge on any atom is -0.550 e. The van der Waals surface area contributed by atoms with E-state index in [9.17, 15) is 9.90 Å². The number of carbonyl (C=O) groups excluding carboxylic acids is 1. The first-order valence-electron chi connectivity index (χ1n) is 4.96. The Labute approximate surface area is 92.3 Å². The van der Waals surface area contributed by atoms with Crippen LogP contribution in [0.3, 0.4) is 0 Å². The molecule has 3 heteroatoms. The van der Waals surface area contributed by atoms with Crippen molar-refractivity contribution in [2.45, 2.75) is 45.4 Å². The Morgan fingerprint density at radius 1 is 1.38 bits per heavy atom. The van der Waals surface area contributed by atoms with Gasteiger partial charge in [-0.25, -0.2) is 0 Å². The molecule has 0 aromatic rings. The SMILES string of the molecule is CCC(C(=O)[O-])C1CCCCC1.[Li+]. The zero-order chi connectivity index (χ0) is 8.97. The fourth-order valence-electron chi connectivity index (χ4n) is 2.23. The summed E-state index contributed by atoms with van der Waals surface area (Å²) in [4.78, 5) is 10.7. The molecule has 0 saturated heterocycles. The van der Waals surface area contributed by atoms with E-state index in [0.717, 1.165) is 19.3 Å². The second kappa shape index (κ2) is 6.51. The van der Waals surface area contributed by atoms with Crippen LogP contribution in [-0.4, -0.2) is 5.97 Å². The van der Waals surface area contributed by atoms with Crippen LogP contribution in [0.25, 0.3) is 0 Å². The van der Waals surface area contributed by atoms with Crippen molar-refractivity contribution in [2.24, 2.45) is 11.8 Å². The summed E-state index contributed by atoms with van der Waals surface area (Å²) in [6.07, 6.45) is 6.59. The van der Waals surface area contributed by atoms with Crippen molar-refractivity contribution in [3.8, 4) is 0 Å². The molecular formula is C10H17LiO2. The van der Waals surface area contributed by atoms with Gasteiger partial charge in [-0.1, -0.05) is 26.2 Å². The number of carbonyl (C=O) groups is 1. The molecule has 1 unspecified atom stereocenters. The van der Waals surface area contributed by atoms with Gasteiger partial charge >= 0.3 is 18.9 Å². The van der Waals surface area contributed by atoms with Crippen LogP contribution in [-0.2, 0) is 4.79 Å². The number of hydrogen-bond donors (Lipinski definition) is 0. The molecule has 1 aliphatic rings. The number of hydrogen-bond acceptors (Lipinski definition) is 2. The van der Waals surface area contributed by atoms with Crippen LogP contribution in [0, 0.1) is 11.8 Å². The van der Waals surface area contributed by atoms with E-state index in [-0.39, 0.29) is 24.8 Å². The molecule has 1 saturated carbocycles. The van der Waals surface area contributed by atoms with Crippen LogP contribution < -0.4 is 24.0 Å². The third kappa shape index (κ3) is 3.75. The molecule has 0 radical (unpaired) electrons. The smallest absolute Gasteiger partial charge is 0.550 e. The number of carboxylic acids is 1. The van der Waals surface area contributed by atoms with Crippen molar-refractivity contribution >= 4 is 5.97 Å². The summed E-state index contributed by atoms with van der Waals surface area (Å²) in [5.41, 5.74) is 0. The molecule has 0 aliphatic heterocycles. The zero-order valence-corrected chi connectivity index (χ0v) is 8.71. The third-order valence-corrected chi connectivity index (χ3v) is 2.96. The Morgan fingerprint density at radius 3 is 2.31 bits per heavy atom. The molecular weight excluding hydrogens is 159 g/mol. The minimum atomic E-state index is -0.843. The summed E-state index contributed by atoms with van der Waals surface area (Å²) in [6, 6.07) is 0. The summed E-state index contributed by atoms with van der Waals surface area (Å²) in [5, 5.41) is 10.7. The summed E-state index contributed by atoms with van der Waals surface area (Å²) >= 11 is 0. The molecule has 1 atom stereocenters. The molecule has 1 aliphatic carbocycles. The van der Waals surface area contributed by atoms with Crippen molar-refractivity contribution < 1.29 is 28.8 Å². The van der Waals surface area contributed by atoms with Gasteiger partial charge in [-0.2, -0.15) is 0 Å². The number of carboxylic acid groups (broad SMARTS) is 1. The Kier molecular flexibility index (Phi) is 6.54. The van der Waals surface area contributed by atoms with Crippen molar-refractivity contribution in [3.63, 3.8) is 0 Å². The van der Waals surface area contributed by atoms with Gasteiger partial charge in [-0.3, -0.25) is 0 Å². The van der Waals surface area contributed by atoms with E-state index in [1.54, 1.807) is 0 Å². The second-order valence-electron chi connectivity index (χ2n) is 3.73. The minimum absolute atomic E-state index is 0. The Bertz CT molecular complexity index is 153. The van der Waals surface area contributed by atoms with E-state index in [0.29, 0.717) is 5.92 Å². The standard InChI is InChI=1S/C10H18O2.Li/c1-2-9(10(11)12)8-6-4-3-5-7-8;/h8-9H,2-7H2,1H3,(H,11,12);/q;+1/p-1. The van der Waals surface area contributed by atoms with E-state index in [4.69, 9.17) is 0 Å². The van der Waals surface area contributed by atoms with Crippen molar-refractivity contribution in [1.29, 1.82) is 0 Å². The molecule has 0 N–H and O–H groups in total. The third-order valence-electron chi connectivity index (χ3n) is 2.96. The zero-order valence-electron chi connectivity index (χ0n) is 8.71. The van der Waals surface area contributed by atoms with E-state index in [1.165, 1.54) is 19.3 Å². The molecule has 70 valence electrons. The molecule has 0 aromatic carbocycles. The van der Waals surface area contributed by atoms with Gasteiger partial charge in [-0.15, -0.1) is 0 Å². The maximum Gasteiger partial charge on any atom is 1.00 e. The Balaban J connectivity index is 0.00000144. The van der Waals surface area contributed by atoms with Gasteiger partial charge in [0.25, 0.3) is 0 Å². The van der Waals surface area contributed by atoms with E-state index in [2.05, 4.69) is 0 Å². The van der Waals surface area contributed by atoms with Gasteiger partial charge in [0.1, 0.15) is 0 Å². The average molecular weight is 176 g/mol. The van der Waals surface area contributed by atoms with Gasteiger partial charge in [0.15, 0.2) is 0 Å². The summed E-state index contributed by atoms with van der Waals surface area (Å²) in [5.74, 6) is -0.636. The molecule has 0 aromatic heterocycles. The monoisotopic (exact) mass is 176 g/mol. The number of aliphatic carboxylic acids is 1. The molecule has 1 fully saturated rings. The van der Waals surface area contributed by atoms with Crippen LogP contribution in [0.1, 0.15) is 45.4 Å². The fraction of sp³-hybridized carbons (Fsp3) is 0.900. The maximum absolute atomic E-state index is 10.7. The number of rotatable bonds is 3. The largest absolute Gasteiger partial charge is 1.00 e. The molecule has 0 bridgehead atoms. The molecule has 2 nitrogen and oxygen atoms in total. The Hall–Kier alpha value is 0.0674. The van der Waals surface area contributed by atoms with Gasteiger partial charge in [0.05, 0.1) is 0 Å². The normalized spacial score (nSPS) is 20.4. The summed E-state index contributed by atoms with van der Waals surface area (Å²) < 4.78 is 0. The van der Waals surface area contributed by atoms with Crippen molar-refractivity contribution in [2.75, 3.05) is 0 Å². The first kappa shape index (κ1) is 13.1. The van der Waals surface area contributed by atoms with Gasteiger partial charge in [0.2, 0.25) is 0 Å². The van der Waals surface area contributed by atoms with E-state index >= 15 is 0 Å². The van der Waals surface area contributed by atoms with Crippen LogP contribution in [0.5, 0.6) is 0 Å². The predicted octanol–water partition coefficient (Wildman–Crippen LogP) is -1.65. The first-order valence-corrected chi connectivity index (χ1v) is 4.96. The average Bonchev–Trinajstić information content (AvgIpc) is 2.07. The van der Waals surface area contributed by atoms with Crippen LogP contribution in [0.4, 0.5) is 0 Å². The van der Waals surface area contributed by atoms with Gasteiger partial charge < -0.3 is 9.90 Å². The fourth-order valence-corrected chi connectivity index (χ4v) is 2.23. The predicted molar refractivity (Wildman–Crippen MR) is 45.4 cm³/mol. The van der Waals surface area contributed by atoms with Crippen LogP contribution >= 0.6 is 0 Å². The summed E-state index contributed by atoms with van der Waals surface area (Å²) in [7, 11) is 0. The quantitative estimate of drug-likeness (QED) is 0.483. The van der Waals surface area contributed by atoms with E-state index < -0.39 is 5.97 Å². The summed E-state index contributed by atoms with van der Waals surface area (Å²) in [6.45, 7) is 1.94. The molecule has 0 spiro atoms. The Morgan fingerprint density at radius 2 is 1.92 bits per heavy atom. The molecule has 1 rings (SSSR count). The molecule has 13 heavy (non-hydrogen) atoms. The van der Waals surface area contributed by atoms with Gasteiger partial charge in [0, 0.05) is 11.9 Å². The van der Waals surface area contributed by atoms with Crippen LogP contribution in [0.2, 0.25) is 0 Å². The van der Waals surface area contributed by atoms with Crippen LogP contribution in [0.15, 0.2) is 0 Å². The van der Waals surface area contributed by atoms with E-state index in [1.807, 2.05) is 6.92 Å². The molecule has 0 amide bonds. The molecule has 0 heterocycles. The van der Waals surface area contributed by atoms with Crippen molar-refractivity contribution in [1.82, 2.24) is 0 Å². The second-order valence-corrected chi connectivity index (χ2v) is 3.73. The first-order chi connectivity index (χ1) is 5.75. The topological polar surface area (TPSA) is 40.1 Å². The van der Waals surface area contributed by atoms with Gasteiger partial charge in [-0.05, 0) is 25.2 Å². The maximum atomic E-state index is 10.7. The van der Waals surface area contributed by atoms with Crippen molar-refractivity contribution in [3.05, 3.63) is 0 Å².